The van der Waals surface area contributed by atoms with Crippen LogP contribution in [0.3, 0.4) is 0 Å². The number of sulfonamides is 1. The second kappa shape index (κ2) is 8.86. The van der Waals surface area contributed by atoms with Gasteiger partial charge in [0.15, 0.2) is 0 Å². The van der Waals surface area contributed by atoms with Crippen LogP contribution in [0.5, 0.6) is 5.75 Å². The van der Waals surface area contributed by atoms with E-state index in [1.807, 2.05) is 19.1 Å². The molecular formula is C19H24N2O4S2. The fourth-order valence-electron chi connectivity index (χ4n) is 2.99. The number of hydrogen-bond acceptors (Lipinski definition) is 5. The quantitative estimate of drug-likeness (QED) is 0.764. The molecule has 1 amide bonds. The van der Waals surface area contributed by atoms with Gasteiger partial charge in [0.1, 0.15) is 9.96 Å². The maximum absolute atomic E-state index is 12.7. The van der Waals surface area contributed by atoms with Gasteiger partial charge in [0, 0.05) is 24.7 Å². The highest BCUT2D eigenvalue weighted by atomic mass is 32.2. The molecule has 146 valence electrons. The second-order valence-corrected chi connectivity index (χ2v) is 9.38. The summed E-state index contributed by atoms with van der Waals surface area (Å²) in [5, 5.41) is 1.74. The van der Waals surface area contributed by atoms with E-state index in [2.05, 4.69) is 4.72 Å². The van der Waals surface area contributed by atoms with E-state index in [9.17, 15) is 13.2 Å². The molecule has 1 aromatic heterocycles. The minimum Gasteiger partial charge on any atom is -0.494 e. The zero-order chi connectivity index (χ0) is 19.3. The predicted molar refractivity (Wildman–Crippen MR) is 106 cm³/mol. The zero-order valence-electron chi connectivity index (χ0n) is 15.3. The van der Waals surface area contributed by atoms with Gasteiger partial charge in [-0.15, -0.1) is 11.3 Å². The number of amides is 1. The molecule has 0 radical (unpaired) electrons. The Kier molecular flexibility index (Phi) is 6.51. The monoisotopic (exact) mass is 408 g/mol. The van der Waals surface area contributed by atoms with E-state index in [0.29, 0.717) is 42.3 Å². The normalized spacial score (nSPS) is 15.7. The first kappa shape index (κ1) is 19.9. The van der Waals surface area contributed by atoms with Crippen LogP contribution in [-0.4, -0.2) is 45.0 Å². The summed E-state index contributed by atoms with van der Waals surface area (Å²) in [6.45, 7) is 3.76. The van der Waals surface area contributed by atoms with Crippen molar-refractivity contribution in [2.75, 3.05) is 19.7 Å². The van der Waals surface area contributed by atoms with E-state index in [1.165, 1.54) is 11.3 Å². The number of rotatable bonds is 7. The third kappa shape index (κ3) is 5.09. The highest BCUT2D eigenvalue weighted by Gasteiger charge is 2.27. The van der Waals surface area contributed by atoms with Crippen LogP contribution in [0.15, 0.2) is 46.0 Å². The molecule has 6 nitrogen and oxygen atoms in total. The van der Waals surface area contributed by atoms with E-state index in [1.54, 1.807) is 34.5 Å². The Morgan fingerprint density at radius 2 is 1.93 bits per heavy atom. The van der Waals surface area contributed by atoms with Gasteiger partial charge in [-0.05, 0) is 55.0 Å². The molecule has 0 spiro atoms. The van der Waals surface area contributed by atoms with Gasteiger partial charge in [0.05, 0.1) is 6.61 Å². The molecule has 1 N–H and O–H groups in total. The Hall–Kier alpha value is -1.90. The number of nitrogens with one attached hydrogen (secondary N) is 1. The van der Waals surface area contributed by atoms with Gasteiger partial charge in [-0.25, -0.2) is 13.1 Å². The van der Waals surface area contributed by atoms with Crippen molar-refractivity contribution in [2.45, 2.75) is 36.4 Å². The van der Waals surface area contributed by atoms with E-state index >= 15 is 0 Å². The zero-order valence-corrected chi connectivity index (χ0v) is 16.9. The summed E-state index contributed by atoms with van der Waals surface area (Å²) in [6, 6.07) is 10.3. The van der Waals surface area contributed by atoms with Gasteiger partial charge in [0.25, 0.3) is 5.91 Å². The van der Waals surface area contributed by atoms with Crippen molar-refractivity contribution in [1.29, 1.82) is 0 Å². The molecular weight excluding hydrogens is 384 g/mol. The van der Waals surface area contributed by atoms with Crippen LogP contribution in [0.2, 0.25) is 0 Å². The van der Waals surface area contributed by atoms with Crippen molar-refractivity contribution in [3.05, 3.63) is 47.3 Å². The summed E-state index contributed by atoms with van der Waals surface area (Å²) in [4.78, 5) is 14.4. The Labute approximate surface area is 164 Å². The molecule has 1 aliphatic heterocycles. The largest absolute Gasteiger partial charge is 0.494 e. The molecule has 0 unspecified atom stereocenters. The Morgan fingerprint density at radius 3 is 2.52 bits per heavy atom. The molecule has 1 aromatic carbocycles. The topological polar surface area (TPSA) is 75.7 Å². The molecule has 1 fully saturated rings. The number of carbonyl (C=O) groups is 1. The summed E-state index contributed by atoms with van der Waals surface area (Å²) in [6.07, 6.45) is 2.15. The van der Waals surface area contributed by atoms with Crippen LogP contribution >= 0.6 is 11.3 Å². The third-order valence-electron chi connectivity index (χ3n) is 4.44. The van der Waals surface area contributed by atoms with Crippen molar-refractivity contribution in [2.24, 2.45) is 0 Å². The number of carbonyl (C=O) groups excluding carboxylic acids is 1. The Balaban J connectivity index is 1.53. The predicted octanol–water partition coefficient (Wildman–Crippen LogP) is 3.12. The van der Waals surface area contributed by atoms with Crippen LogP contribution < -0.4 is 9.46 Å². The van der Waals surface area contributed by atoms with Crippen LogP contribution in [0.25, 0.3) is 0 Å². The molecule has 3 rings (SSSR count). The van der Waals surface area contributed by atoms with Gasteiger partial charge >= 0.3 is 0 Å². The maximum atomic E-state index is 12.7. The minimum atomic E-state index is -3.47. The highest BCUT2D eigenvalue weighted by Crippen LogP contribution is 2.20. The van der Waals surface area contributed by atoms with Crippen LogP contribution in [0.1, 0.15) is 36.5 Å². The molecule has 27 heavy (non-hydrogen) atoms. The minimum absolute atomic E-state index is 0.0309. The lowest BCUT2D eigenvalue weighted by Crippen LogP contribution is -2.46. The summed E-state index contributed by atoms with van der Waals surface area (Å²) in [5.74, 6) is 0.728. The van der Waals surface area contributed by atoms with E-state index < -0.39 is 10.0 Å². The lowest BCUT2D eigenvalue weighted by atomic mass is 10.0. The molecule has 0 saturated carbocycles. The molecule has 0 aliphatic carbocycles. The lowest BCUT2D eigenvalue weighted by Gasteiger charge is -2.32. The molecule has 8 heteroatoms. The van der Waals surface area contributed by atoms with Gasteiger partial charge in [-0.3, -0.25) is 4.79 Å². The first-order chi connectivity index (χ1) is 13.0. The molecule has 1 aliphatic rings. The number of ether oxygens (including phenoxy) is 1. The van der Waals surface area contributed by atoms with Crippen molar-refractivity contribution in [3.63, 3.8) is 0 Å². The van der Waals surface area contributed by atoms with E-state index in [0.717, 1.165) is 12.2 Å². The first-order valence-corrected chi connectivity index (χ1v) is 11.4. The molecule has 0 bridgehead atoms. The number of likely N-dealkylation sites (tertiary alicyclic amines) is 1. The van der Waals surface area contributed by atoms with E-state index in [-0.39, 0.29) is 11.9 Å². The number of thiophene rings is 1. The number of benzene rings is 1. The van der Waals surface area contributed by atoms with Crippen molar-refractivity contribution in [1.82, 2.24) is 9.62 Å². The van der Waals surface area contributed by atoms with Crippen LogP contribution in [0, 0.1) is 0 Å². The Morgan fingerprint density at radius 1 is 1.22 bits per heavy atom. The van der Waals surface area contributed by atoms with Gasteiger partial charge in [-0.1, -0.05) is 13.0 Å². The first-order valence-electron chi connectivity index (χ1n) is 9.07. The fourth-order valence-corrected chi connectivity index (χ4v) is 5.31. The Bertz CT molecular complexity index is 840. The van der Waals surface area contributed by atoms with Crippen molar-refractivity contribution < 1.29 is 17.9 Å². The van der Waals surface area contributed by atoms with Gasteiger partial charge in [-0.2, -0.15) is 0 Å². The fraction of sp³-hybridized carbons (Fsp3) is 0.421. The smallest absolute Gasteiger partial charge is 0.253 e. The van der Waals surface area contributed by atoms with Crippen molar-refractivity contribution in [3.8, 4) is 5.75 Å². The summed E-state index contributed by atoms with van der Waals surface area (Å²) in [5.41, 5.74) is 0.622. The number of nitrogens with zero attached hydrogens (tertiary/aromatic N) is 1. The van der Waals surface area contributed by atoms with Gasteiger partial charge in [0.2, 0.25) is 10.0 Å². The number of hydrogen-bond donors (Lipinski definition) is 1. The van der Waals surface area contributed by atoms with E-state index in [4.69, 9.17) is 4.74 Å². The highest BCUT2D eigenvalue weighted by molar-refractivity contribution is 7.91. The maximum Gasteiger partial charge on any atom is 0.253 e. The summed E-state index contributed by atoms with van der Waals surface area (Å²) in [7, 11) is -3.47. The molecule has 1 saturated heterocycles. The SMILES string of the molecule is CCCOc1ccc(C(=O)N2CCC(NS(=O)(=O)c3cccs3)CC2)cc1. The number of piperidine rings is 1. The average Bonchev–Trinajstić information content (AvgIpc) is 3.22. The van der Waals surface area contributed by atoms with Crippen LogP contribution in [-0.2, 0) is 10.0 Å². The molecule has 2 aromatic rings. The lowest BCUT2D eigenvalue weighted by molar-refractivity contribution is 0.0711. The van der Waals surface area contributed by atoms with Crippen molar-refractivity contribution >= 4 is 27.3 Å². The summed E-state index contributed by atoms with van der Waals surface area (Å²) >= 11 is 1.20. The van der Waals surface area contributed by atoms with Crippen LogP contribution in [0.4, 0.5) is 0 Å². The van der Waals surface area contributed by atoms with Gasteiger partial charge < -0.3 is 9.64 Å². The molecule has 0 atom stereocenters. The second-order valence-electron chi connectivity index (χ2n) is 6.49. The standard InChI is InChI=1S/C19H24N2O4S2/c1-2-13-25-17-7-5-15(6-8-17)19(22)21-11-9-16(10-12-21)20-27(23,24)18-4-3-14-26-18/h3-8,14,16,20H,2,9-13H2,1H3. The average molecular weight is 409 g/mol. The summed E-state index contributed by atoms with van der Waals surface area (Å²) < 4.78 is 33.2. The molecule has 2 heterocycles. The third-order valence-corrected chi connectivity index (χ3v) is 7.36.